The zero-order valence-corrected chi connectivity index (χ0v) is 19.7. The minimum absolute atomic E-state index is 0.0158. The standard InChI is InChI=1S/C23H26N4O4S/c1-13(24-25-20(28)17-11-12-18(32-17)22(30)31-6)19-14(2)26-27(21(19)29)16-9-7-15(8-10-16)23(3,4)5/h7-12,26H,1-6H3,(H,25,28)/b24-13-. The van der Waals surface area contributed by atoms with E-state index in [2.05, 4.69) is 41.1 Å². The Morgan fingerprint density at radius 1 is 1.09 bits per heavy atom. The van der Waals surface area contributed by atoms with Crippen LogP contribution in [0.4, 0.5) is 0 Å². The lowest BCUT2D eigenvalue weighted by Gasteiger charge is -2.19. The first-order valence-corrected chi connectivity index (χ1v) is 10.8. The summed E-state index contributed by atoms with van der Waals surface area (Å²) in [6.07, 6.45) is 0. The summed E-state index contributed by atoms with van der Waals surface area (Å²) in [6.45, 7) is 9.82. The lowest BCUT2D eigenvalue weighted by molar-refractivity contribution is 0.0606. The zero-order valence-electron chi connectivity index (χ0n) is 18.9. The fourth-order valence-electron chi connectivity index (χ4n) is 3.18. The molecule has 3 aromatic rings. The van der Waals surface area contributed by atoms with Crippen molar-refractivity contribution in [2.45, 2.75) is 40.0 Å². The summed E-state index contributed by atoms with van der Waals surface area (Å²) >= 11 is 1.00. The highest BCUT2D eigenvalue weighted by molar-refractivity contribution is 7.15. The van der Waals surface area contributed by atoms with Crippen LogP contribution in [0.15, 0.2) is 46.3 Å². The normalized spacial score (nSPS) is 12.0. The van der Waals surface area contributed by atoms with Crippen LogP contribution in [0.25, 0.3) is 5.69 Å². The second-order valence-corrected chi connectivity index (χ2v) is 9.43. The van der Waals surface area contributed by atoms with E-state index in [-0.39, 0.29) is 11.0 Å². The van der Waals surface area contributed by atoms with Gasteiger partial charge in [-0.15, -0.1) is 11.3 Å². The van der Waals surface area contributed by atoms with Gasteiger partial charge in [0.15, 0.2) is 0 Å². The second-order valence-electron chi connectivity index (χ2n) is 8.34. The minimum Gasteiger partial charge on any atom is -0.465 e. The number of esters is 1. The number of aryl methyl sites for hydroxylation is 1. The van der Waals surface area contributed by atoms with Crippen molar-refractivity contribution in [1.29, 1.82) is 0 Å². The van der Waals surface area contributed by atoms with Crippen molar-refractivity contribution >= 4 is 28.9 Å². The average molecular weight is 455 g/mol. The highest BCUT2D eigenvalue weighted by atomic mass is 32.1. The number of benzene rings is 1. The smallest absolute Gasteiger partial charge is 0.348 e. The summed E-state index contributed by atoms with van der Waals surface area (Å²) in [5.41, 5.74) is 5.46. The lowest BCUT2D eigenvalue weighted by atomic mass is 9.87. The Bertz CT molecular complexity index is 1240. The molecule has 0 saturated carbocycles. The van der Waals surface area contributed by atoms with E-state index < -0.39 is 11.9 Å². The minimum atomic E-state index is -0.507. The van der Waals surface area contributed by atoms with Gasteiger partial charge in [-0.25, -0.2) is 14.9 Å². The first kappa shape index (κ1) is 23.2. The summed E-state index contributed by atoms with van der Waals surface area (Å²) in [5.74, 6) is -0.983. The van der Waals surface area contributed by atoms with Crippen LogP contribution in [0.3, 0.4) is 0 Å². The van der Waals surface area contributed by atoms with Gasteiger partial charge in [0.05, 0.1) is 28.9 Å². The summed E-state index contributed by atoms with van der Waals surface area (Å²) in [7, 11) is 1.28. The molecule has 0 unspecified atom stereocenters. The van der Waals surface area contributed by atoms with Crippen molar-refractivity contribution < 1.29 is 14.3 Å². The number of aromatic nitrogens is 2. The molecular formula is C23H26N4O4S. The molecule has 0 bridgehead atoms. The topological polar surface area (TPSA) is 106 Å². The van der Waals surface area contributed by atoms with Crippen LogP contribution in [0, 0.1) is 6.92 Å². The van der Waals surface area contributed by atoms with Crippen molar-refractivity contribution in [3.05, 3.63) is 73.3 Å². The molecule has 1 amide bonds. The molecule has 2 aromatic heterocycles. The van der Waals surface area contributed by atoms with Crippen LogP contribution in [-0.4, -0.2) is 34.5 Å². The van der Waals surface area contributed by atoms with Crippen molar-refractivity contribution in [3.63, 3.8) is 0 Å². The van der Waals surface area contributed by atoms with Gasteiger partial charge >= 0.3 is 5.97 Å². The maximum Gasteiger partial charge on any atom is 0.348 e. The van der Waals surface area contributed by atoms with E-state index in [0.717, 1.165) is 11.3 Å². The van der Waals surface area contributed by atoms with Gasteiger partial charge in [-0.1, -0.05) is 32.9 Å². The van der Waals surface area contributed by atoms with E-state index in [4.69, 9.17) is 0 Å². The first-order valence-electron chi connectivity index (χ1n) is 9.98. The number of hydrogen-bond donors (Lipinski definition) is 2. The summed E-state index contributed by atoms with van der Waals surface area (Å²) < 4.78 is 6.10. The Morgan fingerprint density at radius 2 is 1.72 bits per heavy atom. The molecule has 0 radical (unpaired) electrons. The van der Waals surface area contributed by atoms with E-state index in [0.29, 0.717) is 32.4 Å². The Hall–Kier alpha value is -3.46. The van der Waals surface area contributed by atoms with E-state index >= 15 is 0 Å². The highest BCUT2D eigenvalue weighted by Crippen LogP contribution is 2.23. The SMILES string of the molecule is COC(=O)c1ccc(C(=O)N/N=C(/C)c2c(C)[nH]n(-c3ccc(C(C)(C)C)cc3)c2=O)s1. The summed E-state index contributed by atoms with van der Waals surface area (Å²) in [4.78, 5) is 37.6. The molecule has 0 atom stereocenters. The fraction of sp³-hybridized carbons (Fsp3) is 0.304. The van der Waals surface area contributed by atoms with Gasteiger partial charge in [0, 0.05) is 5.69 Å². The third kappa shape index (κ3) is 4.72. The molecule has 2 heterocycles. The number of hydrazone groups is 1. The maximum atomic E-state index is 13.0. The van der Waals surface area contributed by atoms with Crippen LogP contribution < -0.4 is 11.0 Å². The molecule has 0 aliphatic heterocycles. The van der Waals surface area contributed by atoms with Gasteiger partial charge in [-0.3, -0.25) is 14.7 Å². The van der Waals surface area contributed by atoms with Crippen molar-refractivity contribution in [1.82, 2.24) is 15.2 Å². The molecule has 0 fully saturated rings. The number of rotatable bonds is 5. The van der Waals surface area contributed by atoms with E-state index in [1.807, 2.05) is 24.3 Å². The molecule has 32 heavy (non-hydrogen) atoms. The predicted octanol–water partition coefficient (Wildman–Crippen LogP) is 3.77. The number of carbonyl (C=O) groups excluding carboxylic acids is 2. The predicted molar refractivity (Wildman–Crippen MR) is 125 cm³/mol. The fourth-order valence-corrected chi connectivity index (χ4v) is 3.99. The number of thiophene rings is 1. The van der Waals surface area contributed by atoms with Crippen LogP contribution in [0.2, 0.25) is 0 Å². The quantitative estimate of drug-likeness (QED) is 0.348. The van der Waals surface area contributed by atoms with Gasteiger partial charge in [-0.2, -0.15) is 5.10 Å². The van der Waals surface area contributed by atoms with Crippen LogP contribution in [0.5, 0.6) is 0 Å². The summed E-state index contributed by atoms with van der Waals surface area (Å²) in [5, 5.41) is 7.17. The third-order valence-corrected chi connectivity index (χ3v) is 6.03. The van der Waals surface area contributed by atoms with E-state index in [1.165, 1.54) is 29.5 Å². The third-order valence-electron chi connectivity index (χ3n) is 4.97. The Kier molecular flexibility index (Phi) is 6.50. The van der Waals surface area contributed by atoms with Gasteiger partial charge in [-0.05, 0) is 49.1 Å². The van der Waals surface area contributed by atoms with Crippen molar-refractivity contribution in [3.8, 4) is 5.69 Å². The van der Waals surface area contributed by atoms with E-state index in [9.17, 15) is 14.4 Å². The molecule has 8 nitrogen and oxygen atoms in total. The number of methoxy groups -OCH3 is 1. The number of H-pyrrole nitrogens is 1. The number of amides is 1. The molecule has 0 spiro atoms. The lowest BCUT2D eigenvalue weighted by Crippen LogP contribution is -2.23. The van der Waals surface area contributed by atoms with Crippen molar-refractivity contribution in [2.75, 3.05) is 7.11 Å². The first-order chi connectivity index (χ1) is 15.0. The Morgan fingerprint density at radius 3 is 2.31 bits per heavy atom. The number of carbonyl (C=O) groups is 2. The Labute approximate surface area is 189 Å². The molecule has 0 aliphatic rings. The molecule has 1 aromatic carbocycles. The molecular weight excluding hydrogens is 428 g/mol. The van der Waals surface area contributed by atoms with Crippen LogP contribution in [-0.2, 0) is 10.2 Å². The highest BCUT2D eigenvalue weighted by Gasteiger charge is 2.18. The zero-order chi connectivity index (χ0) is 23.6. The van der Waals surface area contributed by atoms with Crippen molar-refractivity contribution in [2.24, 2.45) is 5.10 Å². The number of aromatic amines is 1. The molecule has 0 saturated heterocycles. The number of nitrogens with zero attached hydrogens (tertiary/aromatic N) is 2. The maximum absolute atomic E-state index is 13.0. The summed E-state index contributed by atoms with van der Waals surface area (Å²) in [6, 6.07) is 10.8. The van der Waals surface area contributed by atoms with Gasteiger partial charge < -0.3 is 4.74 Å². The number of ether oxygens (including phenoxy) is 1. The second kappa shape index (κ2) is 8.96. The van der Waals surface area contributed by atoms with Crippen LogP contribution in [0.1, 0.15) is 63.9 Å². The largest absolute Gasteiger partial charge is 0.465 e. The molecule has 3 rings (SSSR count). The number of hydrogen-bond acceptors (Lipinski definition) is 6. The number of nitrogens with one attached hydrogen (secondary N) is 2. The van der Waals surface area contributed by atoms with Crippen LogP contribution >= 0.6 is 11.3 Å². The van der Waals surface area contributed by atoms with Gasteiger partial charge in [0.2, 0.25) is 0 Å². The molecule has 9 heteroatoms. The molecule has 168 valence electrons. The molecule has 0 aliphatic carbocycles. The monoisotopic (exact) mass is 454 g/mol. The average Bonchev–Trinajstić information content (AvgIpc) is 3.35. The Balaban J connectivity index is 1.82. The van der Waals surface area contributed by atoms with Gasteiger partial charge in [0.25, 0.3) is 11.5 Å². The molecule has 2 N–H and O–H groups in total. The van der Waals surface area contributed by atoms with E-state index in [1.54, 1.807) is 13.8 Å². The van der Waals surface area contributed by atoms with Gasteiger partial charge in [0.1, 0.15) is 4.88 Å².